The molecular weight excluding hydrogens is 673 g/mol. The van der Waals surface area contributed by atoms with Crippen molar-refractivity contribution in [1.29, 1.82) is 0 Å². The van der Waals surface area contributed by atoms with Gasteiger partial charge in [-0.3, -0.25) is 4.79 Å². The Bertz CT molecular complexity index is 1500. The lowest BCUT2D eigenvalue weighted by Crippen LogP contribution is -2.60. The molecule has 2 N–H and O–H groups in total. The number of thiol groups is 2. The Labute approximate surface area is 286 Å². The van der Waals surface area contributed by atoms with Gasteiger partial charge in [0, 0.05) is 27.6 Å². The number of aromatic carboxylic acids is 2. The molecule has 15 heteroatoms. The number of rotatable bonds is 11. The molecule has 4 fully saturated rings. The van der Waals surface area contributed by atoms with E-state index in [9.17, 15) is 33.9 Å². The first-order valence-electron chi connectivity index (χ1n) is 14.6. The fourth-order valence-corrected chi connectivity index (χ4v) is 7.82. The first-order chi connectivity index (χ1) is 22.2. The van der Waals surface area contributed by atoms with Gasteiger partial charge in [0.1, 0.15) is 19.8 Å². The van der Waals surface area contributed by atoms with Crippen molar-refractivity contribution in [2.45, 2.75) is 48.3 Å². The first kappa shape index (κ1) is 36.0. The van der Waals surface area contributed by atoms with Gasteiger partial charge < -0.3 is 47.0 Å². The third kappa shape index (κ3) is 8.19. The molecule has 0 aromatic heterocycles. The molecular formula is C32H32O12S3-2. The molecule has 4 saturated carbocycles. The van der Waals surface area contributed by atoms with E-state index in [1.165, 1.54) is 36.4 Å². The van der Waals surface area contributed by atoms with Crippen LogP contribution in [0.15, 0.2) is 46.2 Å². The fourth-order valence-electron chi connectivity index (χ4n) is 7.13. The van der Waals surface area contributed by atoms with Crippen LogP contribution in [0.2, 0.25) is 0 Å². The van der Waals surface area contributed by atoms with Crippen LogP contribution in [0.25, 0.3) is 0 Å². The second kappa shape index (κ2) is 14.9. The summed E-state index contributed by atoms with van der Waals surface area (Å²) in [5.41, 5.74) is -1.31. The molecule has 47 heavy (non-hydrogen) atoms. The zero-order valence-corrected chi connectivity index (χ0v) is 27.6. The van der Waals surface area contributed by atoms with Crippen molar-refractivity contribution in [3.8, 4) is 0 Å². The van der Waals surface area contributed by atoms with Crippen LogP contribution < -0.4 is 5.11 Å². The van der Waals surface area contributed by atoms with Gasteiger partial charge in [0.05, 0.1) is 22.1 Å². The number of carboxylic acid groups (broad SMARTS) is 3. The highest BCUT2D eigenvalue weighted by atomic mass is 32.1. The van der Waals surface area contributed by atoms with Gasteiger partial charge >= 0.3 is 29.8 Å². The molecule has 0 heterocycles. The summed E-state index contributed by atoms with van der Waals surface area (Å²) in [7, 11) is 0. The predicted octanol–water partition coefficient (Wildman–Crippen LogP) is 3.09. The van der Waals surface area contributed by atoms with Crippen LogP contribution in [0.1, 0.15) is 80.0 Å². The highest BCUT2D eigenvalue weighted by Gasteiger charge is 2.61. The summed E-state index contributed by atoms with van der Waals surface area (Å²) in [6.45, 7) is -0.169. The van der Waals surface area contributed by atoms with E-state index in [0.717, 1.165) is 19.3 Å². The van der Waals surface area contributed by atoms with Gasteiger partial charge in [-0.2, -0.15) is 17.5 Å². The van der Waals surface area contributed by atoms with Gasteiger partial charge in [-0.1, -0.05) is 6.07 Å². The smallest absolute Gasteiger partial charge is 0.338 e. The minimum Gasteiger partial charge on any atom is -0.779 e. The van der Waals surface area contributed by atoms with Gasteiger partial charge in [0.2, 0.25) is 0 Å². The van der Waals surface area contributed by atoms with Crippen molar-refractivity contribution in [2.75, 3.05) is 25.6 Å². The van der Waals surface area contributed by atoms with Crippen LogP contribution in [0, 0.1) is 22.7 Å². The molecule has 6 rings (SSSR count). The number of ether oxygens (including phenoxy) is 3. The molecule has 0 radical (unpaired) electrons. The summed E-state index contributed by atoms with van der Waals surface area (Å²) in [5.74, 6) is -3.82. The number of esters is 3. The van der Waals surface area contributed by atoms with E-state index < -0.39 is 40.7 Å². The maximum absolute atomic E-state index is 12.4. The topological polar surface area (TPSA) is 194 Å². The Balaban J connectivity index is 0.000000228. The quantitative estimate of drug-likeness (QED) is 0.0878. The third-order valence-corrected chi connectivity index (χ3v) is 9.60. The number of carboxylic acids is 3. The Morgan fingerprint density at radius 3 is 1.77 bits per heavy atom. The van der Waals surface area contributed by atoms with E-state index in [2.05, 4.69) is 25.3 Å². The van der Waals surface area contributed by atoms with E-state index in [4.69, 9.17) is 37.1 Å². The lowest BCUT2D eigenvalue weighted by molar-refractivity contribution is -0.329. The second-order valence-electron chi connectivity index (χ2n) is 12.0. The largest absolute Gasteiger partial charge is 0.779 e. The predicted molar refractivity (Wildman–Crippen MR) is 170 cm³/mol. The van der Waals surface area contributed by atoms with E-state index in [1.807, 2.05) is 0 Å². The number of hydrogen-bond donors (Lipinski definition) is 4. The minimum atomic E-state index is -1.20. The van der Waals surface area contributed by atoms with E-state index in [1.54, 1.807) is 0 Å². The Hall–Kier alpha value is -3.82. The summed E-state index contributed by atoms with van der Waals surface area (Å²) in [5, 5.41) is 29.4. The number of aliphatic carboxylic acids is 1. The van der Waals surface area contributed by atoms with E-state index in [0.29, 0.717) is 43.5 Å². The van der Waals surface area contributed by atoms with Crippen molar-refractivity contribution in [1.82, 2.24) is 0 Å². The fraction of sp³-hybridized carbons (Fsp3) is 0.438. The molecule has 2 atom stereocenters. The van der Waals surface area contributed by atoms with Gasteiger partial charge in [-0.25, -0.2) is 19.2 Å². The molecule has 2 unspecified atom stereocenters. The lowest BCUT2D eigenvalue weighted by atomic mass is 9.44. The van der Waals surface area contributed by atoms with Gasteiger partial charge in [0.15, 0.2) is 0 Å². The van der Waals surface area contributed by atoms with Crippen LogP contribution in [0.3, 0.4) is 0 Å². The van der Waals surface area contributed by atoms with Crippen LogP contribution in [0.5, 0.6) is 0 Å². The van der Waals surface area contributed by atoms with Crippen LogP contribution in [-0.2, 0) is 36.4 Å². The monoisotopic (exact) mass is 704 g/mol. The molecule has 0 amide bonds. The minimum absolute atomic E-state index is 0.000690. The van der Waals surface area contributed by atoms with Crippen molar-refractivity contribution < 1.29 is 58.3 Å². The zero-order valence-electron chi connectivity index (χ0n) is 25.0. The zero-order chi connectivity index (χ0) is 34.5. The van der Waals surface area contributed by atoms with Crippen molar-refractivity contribution in [2.24, 2.45) is 22.7 Å². The first-order valence-corrected chi connectivity index (χ1v) is 16.1. The SMILES string of the molecule is O=C(OCCOC(=O)c1ccc(C(=O)O)c(S)c1)c1ccc(C(=O)O)c([S-])c1.O=C([O-])C12CC3CC(C1)CC(C(=O)OCCS)(C3)C2. The normalized spacial score (nSPS) is 23.5. The maximum atomic E-state index is 12.4. The molecule has 2 aromatic carbocycles. The highest BCUT2D eigenvalue weighted by molar-refractivity contribution is 7.80. The molecule has 4 aliphatic carbocycles. The molecule has 0 aliphatic heterocycles. The van der Waals surface area contributed by atoms with E-state index >= 15 is 0 Å². The van der Waals surface area contributed by atoms with Crippen LogP contribution in [0.4, 0.5) is 0 Å². The summed E-state index contributed by atoms with van der Waals surface area (Å²) >= 11 is 12.9. The summed E-state index contributed by atoms with van der Waals surface area (Å²) in [6, 6.07) is 7.46. The highest BCUT2D eigenvalue weighted by Crippen LogP contribution is 2.65. The molecule has 0 saturated heterocycles. The molecule has 4 aliphatic rings. The van der Waals surface area contributed by atoms with Gasteiger partial charge in [-0.05, 0) is 80.7 Å². The van der Waals surface area contributed by atoms with Gasteiger partial charge in [-0.15, -0.1) is 12.6 Å². The molecule has 2 aromatic rings. The summed E-state index contributed by atoms with van der Waals surface area (Å²) in [6.07, 6.45) is 4.45. The van der Waals surface area contributed by atoms with Gasteiger partial charge in [0.25, 0.3) is 0 Å². The average molecular weight is 705 g/mol. The van der Waals surface area contributed by atoms with Crippen molar-refractivity contribution >= 4 is 73.7 Å². The van der Waals surface area contributed by atoms with Crippen LogP contribution in [-0.4, -0.2) is 71.6 Å². The van der Waals surface area contributed by atoms with Crippen LogP contribution >= 0.6 is 25.3 Å². The summed E-state index contributed by atoms with van der Waals surface area (Å²) in [4.78, 5) is 69.7. The second-order valence-corrected chi connectivity index (χ2v) is 13.4. The Morgan fingerprint density at radius 1 is 0.787 bits per heavy atom. The maximum Gasteiger partial charge on any atom is 0.338 e. The average Bonchev–Trinajstić information content (AvgIpc) is 3.00. The van der Waals surface area contributed by atoms with Crippen molar-refractivity contribution in [3.05, 3.63) is 58.7 Å². The van der Waals surface area contributed by atoms with Crippen molar-refractivity contribution in [3.63, 3.8) is 0 Å². The number of carbonyl (C=O) groups excluding carboxylic acids is 4. The number of hydrogen-bond acceptors (Lipinski definition) is 13. The number of benzene rings is 2. The lowest BCUT2D eigenvalue weighted by Gasteiger charge is -2.61. The Morgan fingerprint density at radius 2 is 1.30 bits per heavy atom. The summed E-state index contributed by atoms with van der Waals surface area (Å²) < 4.78 is 15.2. The molecule has 12 nitrogen and oxygen atoms in total. The Kier molecular flexibility index (Phi) is 11.5. The standard InChI is InChI=1S/C18H14O8S2.C14H20O4S/c19-15(20)11-3-1-9(7-13(11)27)17(23)25-5-6-26-18(24)10-2-4-12(16(21)22)14(28)8-10;15-11(16)13-4-9-3-10(5-13)7-14(6-9,8-13)12(17)18-1-2-19/h1-4,7-8,27-28H,5-6H2,(H,19,20)(H,21,22);9-10,19H,1-8H2,(H,15,16)/p-2. The molecule has 0 spiro atoms. The third-order valence-electron chi connectivity index (χ3n) is 8.71. The number of carbonyl (C=O) groups is 6. The van der Waals surface area contributed by atoms with E-state index in [-0.39, 0.29) is 51.2 Å². The molecule has 252 valence electrons. The molecule has 4 bridgehead atoms.